The van der Waals surface area contributed by atoms with E-state index in [1.165, 1.54) is 5.56 Å². The van der Waals surface area contributed by atoms with Crippen molar-refractivity contribution >= 4 is 18.8 Å². The van der Waals surface area contributed by atoms with Crippen LogP contribution in [0.4, 0.5) is 11.4 Å². The third-order valence-corrected chi connectivity index (χ3v) is 9.97. The van der Waals surface area contributed by atoms with Gasteiger partial charge in [0.25, 0.3) is 7.44 Å². The number of rotatable bonds is 6. The number of hydrogen-bond acceptors (Lipinski definition) is 3. The second-order valence-electron chi connectivity index (χ2n) is 8.33. The van der Waals surface area contributed by atoms with Crippen molar-refractivity contribution in [3.8, 4) is 0 Å². The minimum Gasteiger partial charge on any atom is -0.379 e. The molecule has 1 atom stereocenters. The fourth-order valence-corrected chi connectivity index (χ4v) is 8.57. The minimum absolute atomic E-state index is 0.128. The summed E-state index contributed by atoms with van der Waals surface area (Å²) >= 11 is 0. The van der Waals surface area contributed by atoms with E-state index >= 15 is 4.57 Å². The monoisotopic (exact) mass is 447 g/mol. The van der Waals surface area contributed by atoms with E-state index in [0.29, 0.717) is 13.2 Å². The van der Waals surface area contributed by atoms with E-state index in [2.05, 4.69) is 62.8 Å². The van der Waals surface area contributed by atoms with E-state index in [1.807, 2.05) is 42.5 Å². The summed E-state index contributed by atoms with van der Waals surface area (Å²) in [6, 6.07) is 31.0. The maximum absolute atomic E-state index is 15.4. The third kappa shape index (κ3) is 4.09. The molecule has 2 heterocycles. The quantitative estimate of drug-likeness (QED) is 0.491. The lowest BCUT2D eigenvalue weighted by atomic mass is 10.1. The fourth-order valence-electron chi connectivity index (χ4n) is 4.88. The van der Waals surface area contributed by atoms with Crippen molar-refractivity contribution in [3.63, 3.8) is 0 Å². The average molecular weight is 448 g/mol. The number of benzene rings is 3. The predicted octanol–water partition coefficient (Wildman–Crippen LogP) is 5.11. The van der Waals surface area contributed by atoms with Crippen molar-refractivity contribution in [2.24, 2.45) is 0 Å². The van der Waals surface area contributed by atoms with Gasteiger partial charge >= 0.3 is 0 Å². The smallest absolute Gasteiger partial charge is 0.280 e. The first-order valence-electron chi connectivity index (χ1n) is 11.4. The van der Waals surface area contributed by atoms with Gasteiger partial charge in [0.1, 0.15) is 5.78 Å². The molecule has 0 spiro atoms. The second-order valence-corrected chi connectivity index (χ2v) is 11.1. The Labute approximate surface area is 190 Å². The van der Waals surface area contributed by atoms with Crippen LogP contribution >= 0.6 is 7.44 Å². The first-order chi connectivity index (χ1) is 15.8. The van der Waals surface area contributed by atoms with Crippen LogP contribution in [0, 0.1) is 0 Å². The highest BCUT2D eigenvalue weighted by Gasteiger charge is 2.51. The average Bonchev–Trinajstić information content (AvgIpc) is 3.22. The highest BCUT2D eigenvalue weighted by Crippen LogP contribution is 2.64. The van der Waals surface area contributed by atoms with E-state index in [0.717, 1.165) is 44.0 Å². The zero-order valence-corrected chi connectivity index (χ0v) is 19.2. The zero-order chi connectivity index (χ0) is 21.8. The maximum Gasteiger partial charge on any atom is 0.280 e. The minimum atomic E-state index is -3.04. The standard InChI is InChI=1S/C26H30N3O2P/c30-32(26(27-18-20-31-21-19-27)22-23-10-4-1-5-11-23)28(24-12-6-2-7-13-24)16-17-29(32)25-14-8-3-9-15-25/h1-15,26H,16-22H2. The number of nitrogens with zero attached hydrogens (tertiary/aromatic N) is 3. The molecule has 1 unspecified atom stereocenters. The van der Waals surface area contributed by atoms with E-state index in [-0.39, 0.29) is 5.78 Å². The largest absolute Gasteiger partial charge is 0.379 e. The highest BCUT2D eigenvalue weighted by molar-refractivity contribution is 7.68. The normalized spacial score (nSPS) is 19.8. The Bertz CT molecular complexity index is 991. The summed E-state index contributed by atoms with van der Waals surface area (Å²) in [7, 11) is -3.04. The van der Waals surface area contributed by atoms with E-state index in [4.69, 9.17) is 4.74 Å². The summed E-state index contributed by atoms with van der Waals surface area (Å²) in [5, 5.41) is 0. The topological polar surface area (TPSA) is 36.0 Å². The number of anilines is 2. The Hall–Kier alpha value is -2.59. The number of hydrogen-bond donors (Lipinski definition) is 0. The molecule has 5 nitrogen and oxygen atoms in total. The summed E-state index contributed by atoms with van der Waals surface area (Å²) in [4.78, 5) is 2.40. The molecule has 5 rings (SSSR count). The molecule has 0 radical (unpaired) electrons. The molecule has 3 aromatic carbocycles. The summed E-state index contributed by atoms with van der Waals surface area (Å²) in [5.74, 6) is -0.128. The molecule has 6 heteroatoms. The lowest BCUT2D eigenvalue weighted by Gasteiger charge is -2.44. The number of para-hydroxylation sites is 2. The predicted molar refractivity (Wildman–Crippen MR) is 132 cm³/mol. The van der Waals surface area contributed by atoms with Crippen LogP contribution in [0.1, 0.15) is 5.56 Å². The Kier molecular flexibility index (Phi) is 6.31. The molecular formula is C26H30N3O2P. The van der Waals surface area contributed by atoms with E-state index < -0.39 is 7.44 Å². The molecule has 2 saturated heterocycles. The number of ether oxygens (including phenoxy) is 1. The van der Waals surface area contributed by atoms with Gasteiger partial charge in [-0.1, -0.05) is 66.7 Å². The van der Waals surface area contributed by atoms with Crippen LogP contribution in [0.2, 0.25) is 0 Å². The van der Waals surface area contributed by atoms with Crippen LogP contribution in [0.3, 0.4) is 0 Å². The Morgan fingerprint density at radius 1 is 0.688 bits per heavy atom. The molecule has 0 bridgehead atoms. The van der Waals surface area contributed by atoms with Crippen molar-refractivity contribution in [2.45, 2.75) is 12.2 Å². The van der Waals surface area contributed by atoms with Crippen LogP contribution in [-0.2, 0) is 15.7 Å². The van der Waals surface area contributed by atoms with Gasteiger partial charge in [0.15, 0.2) is 0 Å². The van der Waals surface area contributed by atoms with Gasteiger partial charge in [-0.25, -0.2) is 0 Å². The second kappa shape index (κ2) is 9.50. The van der Waals surface area contributed by atoms with Crippen LogP contribution in [0.15, 0.2) is 91.0 Å². The first-order valence-corrected chi connectivity index (χ1v) is 13.1. The molecular weight excluding hydrogens is 417 g/mol. The van der Waals surface area contributed by atoms with Gasteiger partial charge in [-0.3, -0.25) is 9.46 Å². The first kappa shape index (κ1) is 21.3. The lowest BCUT2D eigenvalue weighted by molar-refractivity contribution is 0.0306. The van der Waals surface area contributed by atoms with Gasteiger partial charge in [-0.2, -0.15) is 0 Å². The van der Waals surface area contributed by atoms with Gasteiger partial charge in [0, 0.05) is 37.6 Å². The molecule has 32 heavy (non-hydrogen) atoms. The zero-order valence-electron chi connectivity index (χ0n) is 18.3. The Morgan fingerprint density at radius 3 is 1.66 bits per heavy atom. The molecule has 0 saturated carbocycles. The van der Waals surface area contributed by atoms with Crippen molar-refractivity contribution in [3.05, 3.63) is 96.6 Å². The Balaban J connectivity index is 1.62. The van der Waals surface area contributed by atoms with Gasteiger partial charge in [0.05, 0.1) is 13.2 Å². The molecule has 166 valence electrons. The van der Waals surface area contributed by atoms with Crippen LogP contribution in [-0.4, -0.2) is 50.1 Å². The van der Waals surface area contributed by atoms with Crippen LogP contribution in [0.25, 0.3) is 0 Å². The van der Waals surface area contributed by atoms with Crippen LogP contribution in [0.5, 0.6) is 0 Å². The van der Waals surface area contributed by atoms with Crippen molar-refractivity contribution < 1.29 is 9.30 Å². The van der Waals surface area contributed by atoms with Gasteiger partial charge in [0.2, 0.25) is 0 Å². The summed E-state index contributed by atoms with van der Waals surface area (Å²) < 4.78 is 25.5. The summed E-state index contributed by atoms with van der Waals surface area (Å²) in [6.07, 6.45) is 0.741. The summed E-state index contributed by atoms with van der Waals surface area (Å²) in [5.41, 5.74) is 3.27. The van der Waals surface area contributed by atoms with Crippen molar-refractivity contribution in [2.75, 3.05) is 48.7 Å². The fraction of sp³-hybridized carbons (Fsp3) is 0.308. The van der Waals surface area contributed by atoms with Gasteiger partial charge < -0.3 is 14.1 Å². The van der Waals surface area contributed by atoms with E-state index in [1.54, 1.807) is 0 Å². The molecule has 0 amide bonds. The van der Waals surface area contributed by atoms with Gasteiger partial charge in [-0.15, -0.1) is 0 Å². The van der Waals surface area contributed by atoms with E-state index in [9.17, 15) is 0 Å². The molecule has 0 aliphatic carbocycles. The summed E-state index contributed by atoms with van der Waals surface area (Å²) in [6.45, 7) is 4.45. The lowest BCUT2D eigenvalue weighted by Crippen LogP contribution is -2.47. The van der Waals surface area contributed by atoms with Gasteiger partial charge in [-0.05, 0) is 36.2 Å². The Morgan fingerprint density at radius 2 is 1.16 bits per heavy atom. The van der Waals surface area contributed by atoms with Crippen molar-refractivity contribution in [1.82, 2.24) is 4.90 Å². The highest BCUT2D eigenvalue weighted by atomic mass is 31.2. The maximum atomic E-state index is 15.4. The molecule has 0 aromatic heterocycles. The number of morpholine rings is 1. The molecule has 0 N–H and O–H groups in total. The van der Waals surface area contributed by atoms with Crippen LogP contribution < -0.4 is 9.34 Å². The molecule has 2 fully saturated rings. The molecule has 2 aliphatic heterocycles. The molecule has 3 aromatic rings. The third-order valence-electron chi connectivity index (χ3n) is 6.44. The van der Waals surface area contributed by atoms with Crippen molar-refractivity contribution in [1.29, 1.82) is 0 Å². The molecule has 2 aliphatic rings. The SMILES string of the molecule is O=P1(C(Cc2ccccc2)N2CCOCC2)N(c2ccccc2)CCN1c1ccccc1.